The van der Waals surface area contributed by atoms with Crippen LogP contribution in [0.15, 0.2) is 42.5 Å². The Bertz CT molecular complexity index is 919. The molecule has 1 aliphatic rings. The lowest BCUT2D eigenvalue weighted by Crippen LogP contribution is -2.28. The van der Waals surface area contributed by atoms with E-state index in [0.717, 1.165) is 30.5 Å². The molecule has 1 N–H and O–H groups in total. The molecule has 0 saturated carbocycles. The van der Waals surface area contributed by atoms with Crippen LogP contribution in [0.25, 0.3) is 0 Å². The highest BCUT2D eigenvalue weighted by molar-refractivity contribution is 5.98. The van der Waals surface area contributed by atoms with Gasteiger partial charge in [0.05, 0.1) is 6.42 Å². The molecule has 0 aromatic heterocycles. The topological polar surface area (TPSA) is 75.7 Å². The normalized spacial score (nSPS) is 12.2. The number of fused-ring (bicyclic) bond motifs is 1. The highest BCUT2D eigenvalue weighted by atomic mass is 16.5. The van der Waals surface area contributed by atoms with Crippen LogP contribution in [0.4, 0.5) is 5.69 Å². The molecule has 0 bridgehead atoms. The third-order valence-electron chi connectivity index (χ3n) is 5.28. The molecule has 3 rings (SSSR count). The molecule has 1 amide bonds. The zero-order valence-corrected chi connectivity index (χ0v) is 17.6. The van der Waals surface area contributed by atoms with Crippen molar-refractivity contribution in [3.63, 3.8) is 0 Å². The van der Waals surface area contributed by atoms with E-state index in [1.165, 1.54) is 11.1 Å². The first-order chi connectivity index (χ1) is 14.4. The minimum absolute atomic E-state index is 0.0325. The molecule has 0 atom stereocenters. The molecule has 0 aliphatic heterocycles. The minimum atomic E-state index is -0.546. The number of nitrogens with one attached hydrogen (secondary N) is 1. The van der Waals surface area contributed by atoms with Gasteiger partial charge in [-0.05, 0) is 54.2 Å². The molecule has 6 nitrogen and oxygen atoms in total. The summed E-state index contributed by atoms with van der Waals surface area (Å²) in [5.41, 5.74) is 5.22. The summed E-state index contributed by atoms with van der Waals surface area (Å²) < 4.78 is 4.99. The fraction of sp³-hybridized carbons (Fsp3) is 0.375. The molecule has 0 saturated heterocycles. The highest BCUT2D eigenvalue weighted by Gasteiger charge is 2.15. The Morgan fingerprint density at radius 2 is 1.70 bits per heavy atom. The summed E-state index contributed by atoms with van der Waals surface area (Å²) >= 11 is 0. The summed E-state index contributed by atoms with van der Waals surface area (Å²) in [7, 11) is 3.93. The first kappa shape index (κ1) is 21.6. The Morgan fingerprint density at radius 1 is 0.967 bits per heavy atom. The fourth-order valence-electron chi connectivity index (χ4n) is 3.49. The third kappa shape index (κ3) is 5.92. The maximum absolute atomic E-state index is 12.3. The second-order valence-electron chi connectivity index (χ2n) is 7.76. The Kier molecular flexibility index (Phi) is 7.22. The summed E-state index contributed by atoms with van der Waals surface area (Å²) in [6.07, 6.45) is 3.25. The standard InChI is InChI=1S/C24H28N2O4/c1-26(2)21-10-6-17(7-11-21)15-25-23(28)16-30-24(29)13-12-22(27)20-9-8-18-4-3-5-19(18)14-20/h6-11,14H,3-5,12-13,15-16H2,1-2H3,(H,25,28). The van der Waals surface area contributed by atoms with E-state index in [4.69, 9.17) is 4.74 Å². The number of nitrogens with zero attached hydrogens (tertiary/aromatic N) is 1. The summed E-state index contributed by atoms with van der Waals surface area (Å²) in [6.45, 7) is 0.0164. The van der Waals surface area contributed by atoms with Gasteiger partial charge in [-0.15, -0.1) is 0 Å². The van der Waals surface area contributed by atoms with Crippen molar-refractivity contribution in [1.82, 2.24) is 5.32 Å². The van der Waals surface area contributed by atoms with Gasteiger partial charge in [-0.25, -0.2) is 0 Å². The monoisotopic (exact) mass is 408 g/mol. The van der Waals surface area contributed by atoms with Crippen LogP contribution in [-0.2, 0) is 33.7 Å². The molecule has 158 valence electrons. The number of ether oxygens (including phenoxy) is 1. The number of amides is 1. The maximum Gasteiger partial charge on any atom is 0.306 e. The van der Waals surface area contributed by atoms with E-state index >= 15 is 0 Å². The lowest BCUT2D eigenvalue weighted by atomic mass is 10.0. The first-order valence-corrected chi connectivity index (χ1v) is 10.3. The zero-order valence-electron chi connectivity index (χ0n) is 17.6. The molecule has 0 unspecified atom stereocenters. The van der Waals surface area contributed by atoms with Crippen LogP contribution >= 0.6 is 0 Å². The third-order valence-corrected chi connectivity index (χ3v) is 5.28. The van der Waals surface area contributed by atoms with Gasteiger partial charge in [0.2, 0.25) is 0 Å². The predicted octanol–water partition coefficient (Wildman–Crippen LogP) is 3.06. The van der Waals surface area contributed by atoms with Gasteiger partial charge in [0.15, 0.2) is 12.4 Å². The number of esters is 1. The number of carbonyl (C=O) groups excluding carboxylic acids is 3. The second-order valence-corrected chi connectivity index (χ2v) is 7.76. The number of rotatable bonds is 9. The predicted molar refractivity (Wildman–Crippen MR) is 116 cm³/mol. The van der Waals surface area contributed by atoms with Crippen LogP contribution in [0.2, 0.25) is 0 Å². The molecule has 0 heterocycles. The van der Waals surface area contributed by atoms with Gasteiger partial charge in [0, 0.05) is 38.3 Å². The maximum atomic E-state index is 12.3. The largest absolute Gasteiger partial charge is 0.456 e. The van der Waals surface area contributed by atoms with Crippen molar-refractivity contribution in [2.45, 2.75) is 38.6 Å². The van der Waals surface area contributed by atoms with Gasteiger partial charge >= 0.3 is 5.97 Å². The Hall–Kier alpha value is -3.15. The molecule has 2 aromatic carbocycles. The van der Waals surface area contributed by atoms with Gasteiger partial charge in [-0.2, -0.15) is 0 Å². The van der Waals surface area contributed by atoms with E-state index in [1.807, 2.05) is 61.5 Å². The molecular weight excluding hydrogens is 380 g/mol. The van der Waals surface area contributed by atoms with Gasteiger partial charge in [-0.1, -0.05) is 24.3 Å². The van der Waals surface area contributed by atoms with Crippen molar-refractivity contribution in [3.05, 3.63) is 64.7 Å². The van der Waals surface area contributed by atoms with Crippen LogP contribution < -0.4 is 10.2 Å². The Labute approximate surface area is 177 Å². The lowest BCUT2D eigenvalue weighted by molar-refractivity contribution is -0.148. The van der Waals surface area contributed by atoms with Crippen molar-refractivity contribution in [3.8, 4) is 0 Å². The van der Waals surface area contributed by atoms with Crippen molar-refractivity contribution >= 4 is 23.3 Å². The lowest BCUT2D eigenvalue weighted by Gasteiger charge is -2.13. The van der Waals surface area contributed by atoms with Crippen molar-refractivity contribution in [2.75, 3.05) is 25.6 Å². The van der Waals surface area contributed by atoms with Crippen LogP contribution in [0.5, 0.6) is 0 Å². The minimum Gasteiger partial charge on any atom is -0.456 e. The van der Waals surface area contributed by atoms with Gasteiger partial charge in [0.25, 0.3) is 5.91 Å². The smallest absolute Gasteiger partial charge is 0.306 e. The number of hydrogen-bond donors (Lipinski definition) is 1. The fourth-order valence-corrected chi connectivity index (χ4v) is 3.49. The number of ketones is 1. The summed E-state index contributed by atoms with van der Waals surface area (Å²) in [4.78, 5) is 38.1. The molecule has 0 spiro atoms. The average Bonchev–Trinajstić information content (AvgIpc) is 3.22. The molecule has 0 radical (unpaired) electrons. The molecular formula is C24H28N2O4. The molecule has 1 aliphatic carbocycles. The van der Waals surface area contributed by atoms with E-state index in [-0.39, 0.29) is 31.1 Å². The number of benzene rings is 2. The number of Topliss-reactive ketones (excluding diaryl/α,β-unsaturated/α-hetero) is 1. The van der Waals surface area contributed by atoms with Crippen LogP contribution in [-0.4, -0.2) is 38.4 Å². The number of hydrogen-bond acceptors (Lipinski definition) is 5. The van der Waals surface area contributed by atoms with E-state index < -0.39 is 5.97 Å². The van der Waals surface area contributed by atoms with Crippen molar-refractivity contribution < 1.29 is 19.1 Å². The second kappa shape index (κ2) is 10.1. The average molecular weight is 408 g/mol. The van der Waals surface area contributed by atoms with E-state index in [1.54, 1.807) is 0 Å². The van der Waals surface area contributed by atoms with Crippen LogP contribution in [0, 0.1) is 0 Å². The summed E-state index contributed by atoms with van der Waals surface area (Å²) in [5, 5.41) is 2.72. The quantitative estimate of drug-likeness (QED) is 0.510. The van der Waals surface area contributed by atoms with Crippen molar-refractivity contribution in [1.29, 1.82) is 0 Å². The molecule has 30 heavy (non-hydrogen) atoms. The zero-order chi connectivity index (χ0) is 21.5. The SMILES string of the molecule is CN(C)c1ccc(CNC(=O)COC(=O)CCC(=O)c2ccc3c(c2)CCC3)cc1. The Balaban J connectivity index is 1.35. The molecule has 2 aromatic rings. The number of carbonyl (C=O) groups is 3. The van der Waals surface area contributed by atoms with E-state index in [2.05, 4.69) is 5.32 Å². The van der Waals surface area contributed by atoms with Crippen molar-refractivity contribution in [2.24, 2.45) is 0 Å². The Morgan fingerprint density at radius 3 is 2.43 bits per heavy atom. The molecule has 0 fully saturated rings. The van der Waals surface area contributed by atoms with Crippen LogP contribution in [0.3, 0.4) is 0 Å². The number of anilines is 1. The summed E-state index contributed by atoms with van der Waals surface area (Å²) in [6, 6.07) is 13.6. The van der Waals surface area contributed by atoms with Gasteiger partial charge in [-0.3, -0.25) is 14.4 Å². The van der Waals surface area contributed by atoms with Gasteiger partial charge in [0.1, 0.15) is 0 Å². The number of aryl methyl sites for hydroxylation is 2. The van der Waals surface area contributed by atoms with Gasteiger partial charge < -0.3 is 15.0 Å². The highest BCUT2D eigenvalue weighted by Crippen LogP contribution is 2.23. The summed E-state index contributed by atoms with van der Waals surface area (Å²) in [5.74, 6) is -0.993. The van der Waals surface area contributed by atoms with E-state index in [0.29, 0.717) is 12.1 Å². The molecule has 6 heteroatoms. The van der Waals surface area contributed by atoms with E-state index in [9.17, 15) is 14.4 Å². The first-order valence-electron chi connectivity index (χ1n) is 10.3. The van der Waals surface area contributed by atoms with Crippen LogP contribution in [0.1, 0.15) is 46.3 Å².